The summed E-state index contributed by atoms with van der Waals surface area (Å²) in [5.74, 6) is -1.66. The quantitative estimate of drug-likeness (QED) is 0.716. The number of aromatic nitrogens is 1. The molecule has 134 valence electrons. The number of ketones is 1. The third kappa shape index (κ3) is 2.81. The highest BCUT2D eigenvalue weighted by atomic mass is 16.3. The summed E-state index contributed by atoms with van der Waals surface area (Å²) in [5, 5.41) is 10.6. The van der Waals surface area contributed by atoms with Crippen LogP contribution in [0.1, 0.15) is 27.7 Å². The maximum Gasteiger partial charge on any atom is 0.294 e. The zero-order chi connectivity index (χ0) is 19.0. The largest absolute Gasteiger partial charge is 0.503 e. The van der Waals surface area contributed by atoms with Crippen LogP contribution in [-0.4, -0.2) is 21.8 Å². The Kier molecular flexibility index (Phi) is 4.08. The molecule has 6 heteroatoms. The first-order chi connectivity index (χ1) is 13.1. The number of pyridine rings is 1. The number of carbonyl (C=O) groups is 2. The van der Waals surface area contributed by atoms with E-state index < -0.39 is 23.5 Å². The van der Waals surface area contributed by atoms with Crippen LogP contribution in [-0.2, 0) is 4.79 Å². The summed E-state index contributed by atoms with van der Waals surface area (Å²) >= 11 is 0. The van der Waals surface area contributed by atoms with Gasteiger partial charge in [0.2, 0.25) is 5.78 Å². The number of aryl methyl sites for hydroxylation is 1. The number of Topliss-reactive ketones (excluding diaryl/α,β-unsaturated/α-hetero) is 1. The second-order valence-corrected chi connectivity index (χ2v) is 6.26. The predicted octanol–water partition coefficient (Wildman–Crippen LogP) is 3.77. The molecule has 1 aliphatic heterocycles. The van der Waals surface area contributed by atoms with E-state index in [4.69, 9.17) is 4.42 Å². The monoisotopic (exact) mass is 360 g/mol. The average molecular weight is 360 g/mol. The van der Waals surface area contributed by atoms with Crippen molar-refractivity contribution >= 4 is 17.4 Å². The van der Waals surface area contributed by atoms with Crippen LogP contribution in [0.15, 0.2) is 82.9 Å². The number of anilines is 1. The molecule has 1 N–H and O–H groups in total. The molecule has 1 unspecified atom stereocenters. The van der Waals surface area contributed by atoms with Crippen LogP contribution < -0.4 is 4.90 Å². The number of aliphatic hydroxyl groups excluding tert-OH is 1. The summed E-state index contributed by atoms with van der Waals surface area (Å²) in [5.41, 5.74) is 2.27. The van der Waals surface area contributed by atoms with Gasteiger partial charge >= 0.3 is 0 Å². The van der Waals surface area contributed by atoms with Crippen LogP contribution in [0.25, 0.3) is 0 Å². The third-order valence-corrected chi connectivity index (χ3v) is 4.53. The highest BCUT2D eigenvalue weighted by molar-refractivity contribution is 6.20. The number of nitrogens with zero attached hydrogens (tertiary/aromatic N) is 2. The molecule has 0 radical (unpaired) electrons. The Morgan fingerprint density at radius 2 is 1.81 bits per heavy atom. The van der Waals surface area contributed by atoms with Gasteiger partial charge in [-0.05, 0) is 48.9 Å². The minimum atomic E-state index is -0.777. The van der Waals surface area contributed by atoms with Crippen molar-refractivity contribution in [2.75, 3.05) is 4.90 Å². The van der Waals surface area contributed by atoms with Crippen molar-refractivity contribution in [1.29, 1.82) is 0 Å². The molecular formula is C21H16N2O4. The first-order valence-electron chi connectivity index (χ1n) is 8.39. The van der Waals surface area contributed by atoms with Crippen molar-refractivity contribution < 1.29 is 19.1 Å². The van der Waals surface area contributed by atoms with Crippen molar-refractivity contribution in [2.45, 2.75) is 13.0 Å². The molecular weight excluding hydrogens is 344 g/mol. The topological polar surface area (TPSA) is 83.6 Å². The van der Waals surface area contributed by atoms with Gasteiger partial charge in [-0.15, -0.1) is 0 Å². The van der Waals surface area contributed by atoms with Gasteiger partial charge in [0.05, 0.1) is 17.9 Å². The van der Waals surface area contributed by atoms with Gasteiger partial charge in [-0.3, -0.25) is 19.5 Å². The molecule has 27 heavy (non-hydrogen) atoms. The molecule has 2 aromatic heterocycles. The van der Waals surface area contributed by atoms with Gasteiger partial charge in [0.1, 0.15) is 0 Å². The fourth-order valence-corrected chi connectivity index (χ4v) is 3.21. The Balaban J connectivity index is 1.87. The molecule has 0 saturated heterocycles. The van der Waals surface area contributed by atoms with Crippen LogP contribution >= 0.6 is 0 Å². The van der Waals surface area contributed by atoms with Crippen LogP contribution in [0.2, 0.25) is 0 Å². The standard InChI is InChI=1S/C21H16N2O4/c1-13-4-6-15(7-5-13)23-18(14-8-10-22-11-9-14)17(20(25)21(23)26)19(24)16-3-2-12-27-16/h2-12,18,25H,1H3. The number of hydrogen-bond acceptors (Lipinski definition) is 5. The molecule has 1 amide bonds. The summed E-state index contributed by atoms with van der Waals surface area (Å²) < 4.78 is 5.20. The first kappa shape index (κ1) is 16.8. The van der Waals surface area contributed by atoms with Crippen LogP contribution in [0.5, 0.6) is 0 Å². The van der Waals surface area contributed by atoms with E-state index in [0.29, 0.717) is 11.3 Å². The molecule has 6 nitrogen and oxygen atoms in total. The Hall–Kier alpha value is -3.67. The molecule has 3 heterocycles. The van der Waals surface area contributed by atoms with E-state index in [0.717, 1.165) is 5.56 Å². The molecule has 3 aromatic rings. The number of amides is 1. The van der Waals surface area contributed by atoms with Crippen molar-refractivity contribution in [1.82, 2.24) is 4.98 Å². The fraction of sp³-hybridized carbons (Fsp3) is 0.0952. The number of rotatable bonds is 4. The molecule has 1 aliphatic rings. The number of furan rings is 1. The van der Waals surface area contributed by atoms with Gasteiger partial charge in [-0.2, -0.15) is 0 Å². The van der Waals surface area contributed by atoms with E-state index in [2.05, 4.69) is 4.98 Å². The van der Waals surface area contributed by atoms with E-state index in [1.807, 2.05) is 19.1 Å². The minimum Gasteiger partial charge on any atom is -0.503 e. The van der Waals surface area contributed by atoms with Crippen molar-refractivity contribution in [3.63, 3.8) is 0 Å². The second kappa shape index (κ2) is 6.57. The lowest BCUT2D eigenvalue weighted by Gasteiger charge is -2.26. The van der Waals surface area contributed by atoms with E-state index in [1.54, 1.807) is 42.7 Å². The Morgan fingerprint density at radius 1 is 1.11 bits per heavy atom. The molecule has 0 fully saturated rings. The maximum absolute atomic E-state index is 13.0. The SMILES string of the molecule is Cc1ccc(N2C(=O)C(O)=C(C(=O)c3ccco3)C2c2ccncc2)cc1. The van der Waals surface area contributed by atoms with Crippen molar-refractivity contribution in [3.8, 4) is 0 Å². The molecule has 0 aliphatic carbocycles. The lowest BCUT2D eigenvalue weighted by atomic mass is 9.95. The van der Waals surface area contributed by atoms with Crippen LogP contribution in [0, 0.1) is 6.92 Å². The molecule has 0 bridgehead atoms. The summed E-state index contributed by atoms with van der Waals surface area (Å²) in [7, 11) is 0. The van der Waals surface area contributed by atoms with Gasteiger partial charge in [0.15, 0.2) is 11.5 Å². The smallest absolute Gasteiger partial charge is 0.294 e. The summed E-state index contributed by atoms with van der Waals surface area (Å²) in [6.45, 7) is 1.94. The Labute approximate surface area is 155 Å². The van der Waals surface area contributed by atoms with Gasteiger partial charge < -0.3 is 9.52 Å². The van der Waals surface area contributed by atoms with Crippen LogP contribution in [0.3, 0.4) is 0 Å². The number of carbonyl (C=O) groups excluding carboxylic acids is 2. The zero-order valence-corrected chi connectivity index (χ0v) is 14.5. The van der Waals surface area contributed by atoms with E-state index >= 15 is 0 Å². The number of benzene rings is 1. The number of aliphatic hydroxyl groups is 1. The highest BCUT2D eigenvalue weighted by Gasteiger charge is 2.45. The molecule has 0 saturated carbocycles. The lowest BCUT2D eigenvalue weighted by molar-refractivity contribution is -0.117. The lowest BCUT2D eigenvalue weighted by Crippen LogP contribution is -2.31. The van der Waals surface area contributed by atoms with Crippen molar-refractivity contribution in [3.05, 3.63) is 95.4 Å². The molecule has 1 atom stereocenters. The van der Waals surface area contributed by atoms with Crippen LogP contribution in [0.4, 0.5) is 5.69 Å². The summed E-state index contributed by atoms with van der Waals surface area (Å²) in [6.07, 6.45) is 4.54. The zero-order valence-electron chi connectivity index (χ0n) is 14.5. The molecule has 0 spiro atoms. The number of hydrogen-bond donors (Lipinski definition) is 1. The predicted molar refractivity (Wildman–Crippen MR) is 98.3 cm³/mol. The van der Waals surface area contributed by atoms with Crippen molar-refractivity contribution in [2.24, 2.45) is 0 Å². The Morgan fingerprint density at radius 3 is 2.44 bits per heavy atom. The maximum atomic E-state index is 13.0. The average Bonchev–Trinajstić information content (AvgIpc) is 3.31. The van der Waals surface area contributed by atoms with E-state index in [1.165, 1.54) is 17.2 Å². The van der Waals surface area contributed by atoms with Gasteiger partial charge in [-0.25, -0.2) is 0 Å². The molecule has 1 aromatic carbocycles. The fourth-order valence-electron chi connectivity index (χ4n) is 3.21. The molecule has 4 rings (SSSR count). The van der Waals surface area contributed by atoms with Gasteiger partial charge in [0.25, 0.3) is 5.91 Å². The van der Waals surface area contributed by atoms with Gasteiger partial charge in [-0.1, -0.05) is 17.7 Å². The minimum absolute atomic E-state index is 0.0123. The summed E-state index contributed by atoms with van der Waals surface area (Å²) in [4.78, 5) is 31.3. The van der Waals surface area contributed by atoms with Gasteiger partial charge in [0, 0.05) is 18.1 Å². The first-order valence-corrected chi connectivity index (χ1v) is 8.39. The second-order valence-electron chi connectivity index (χ2n) is 6.26. The van der Waals surface area contributed by atoms with E-state index in [-0.39, 0.29) is 11.3 Å². The van der Waals surface area contributed by atoms with E-state index in [9.17, 15) is 14.7 Å². The highest BCUT2D eigenvalue weighted by Crippen LogP contribution is 2.41. The normalized spacial score (nSPS) is 16.9. The third-order valence-electron chi connectivity index (χ3n) is 4.53. The Bertz CT molecular complexity index is 1020. The summed E-state index contributed by atoms with van der Waals surface area (Å²) in [6, 6.07) is 13.1.